The fraction of sp³-hybridized carbons (Fsp3) is 0.353. The fourth-order valence-corrected chi connectivity index (χ4v) is 3.02. The predicted octanol–water partition coefficient (Wildman–Crippen LogP) is 1.64. The summed E-state index contributed by atoms with van der Waals surface area (Å²) in [6, 6.07) is 5.78. The Balaban J connectivity index is 1.77. The van der Waals surface area contributed by atoms with Crippen molar-refractivity contribution in [1.29, 1.82) is 0 Å². The van der Waals surface area contributed by atoms with Crippen molar-refractivity contribution in [2.45, 2.75) is 19.5 Å². The topological polar surface area (TPSA) is 79.0 Å². The number of pyridine rings is 1. The maximum Gasteiger partial charge on any atom is 0.241 e. The molecular weight excluding hydrogens is 320 g/mol. The minimum absolute atomic E-state index is 0.473. The maximum absolute atomic E-state index is 5.42. The minimum atomic E-state index is 0.473. The van der Waals surface area contributed by atoms with Gasteiger partial charge in [-0.2, -0.15) is 10.1 Å². The lowest BCUT2D eigenvalue weighted by Crippen LogP contribution is -2.11. The molecule has 0 radical (unpaired) electrons. The number of aromatic nitrogens is 5. The van der Waals surface area contributed by atoms with Crippen molar-refractivity contribution >= 4 is 0 Å². The van der Waals surface area contributed by atoms with E-state index >= 15 is 0 Å². The number of hydrogen-bond donors (Lipinski definition) is 1. The van der Waals surface area contributed by atoms with E-state index in [-0.39, 0.29) is 0 Å². The first kappa shape index (κ1) is 15.6. The Labute approximate surface area is 145 Å². The van der Waals surface area contributed by atoms with Crippen molar-refractivity contribution in [3.8, 4) is 29.0 Å². The lowest BCUT2D eigenvalue weighted by molar-refractivity contribution is 0.363. The highest BCUT2D eigenvalue weighted by Crippen LogP contribution is 2.28. The molecule has 0 saturated carbocycles. The lowest BCUT2D eigenvalue weighted by atomic mass is 10.3. The van der Waals surface area contributed by atoms with Gasteiger partial charge in [0.25, 0.3) is 0 Å². The molecule has 1 aliphatic heterocycles. The normalized spacial score (nSPS) is 14.0. The van der Waals surface area contributed by atoms with Gasteiger partial charge in [0.1, 0.15) is 11.4 Å². The lowest BCUT2D eigenvalue weighted by Gasteiger charge is -2.11. The first-order valence-electron chi connectivity index (χ1n) is 8.20. The van der Waals surface area contributed by atoms with Gasteiger partial charge < -0.3 is 14.8 Å². The third-order valence-corrected chi connectivity index (χ3v) is 4.24. The van der Waals surface area contributed by atoms with Crippen LogP contribution in [0.4, 0.5) is 0 Å². The molecule has 130 valence electrons. The number of fused-ring (bicyclic) bond motifs is 1. The summed E-state index contributed by atoms with van der Waals surface area (Å²) < 4.78 is 14.6. The minimum Gasteiger partial charge on any atom is -0.481 e. The summed E-state index contributed by atoms with van der Waals surface area (Å²) in [6.45, 7) is 2.75. The van der Waals surface area contributed by atoms with E-state index in [2.05, 4.69) is 26.0 Å². The highest BCUT2D eigenvalue weighted by molar-refractivity contribution is 5.57. The fourth-order valence-electron chi connectivity index (χ4n) is 3.02. The average molecular weight is 340 g/mol. The van der Waals surface area contributed by atoms with E-state index in [9.17, 15) is 0 Å². The van der Waals surface area contributed by atoms with E-state index < -0.39 is 0 Å². The van der Waals surface area contributed by atoms with E-state index in [4.69, 9.17) is 14.6 Å². The van der Waals surface area contributed by atoms with Crippen molar-refractivity contribution in [2.24, 2.45) is 0 Å². The molecule has 0 amide bonds. The first-order chi connectivity index (χ1) is 12.3. The summed E-state index contributed by atoms with van der Waals surface area (Å²) in [5.74, 6) is 1.73. The molecule has 1 N–H and O–H groups in total. The Morgan fingerprint density at radius 1 is 1.20 bits per heavy atom. The van der Waals surface area contributed by atoms with Crippen LogP contribution in [-0.2, 0) is 13.1 Å². The molecule has 0 saturated heterocycles. The largest absolute Gasteiger partial charge is 0.481 e. The summed E-state index contributed by atoms with van der Waals surface area (Å²) >= 11 is 0. The Morgan fingerprint density at radius 2 is 2.12 bits per heavy atom. The van der Waals surface area contributed by atoms with Crippen LogP contribution in [-0.4, -0.2) is 45.1 Å². The Bertz CT molecular complexity index is 862. The molecule has 0 aliphatic carbocycles. The van der Waals surface area contributed by atoms with Crippen LogP contribution >= 0.6 is 0 Å². The number of imidazole rings is 1. The highest BCUT2D eigenvalue weighted by Gasteiger charge is 2.18. The molecule has 8 heteroatoms. The molecule has 0 fully saturated rings. The molecule has 0 aromatic carbocycles. The second-order valence-electron chi connectivity index (χ2n) is 5.78. The molecule has 1 aliphatic rings. The summed E-state index contributed by atoms with van der Waals surface area (Å²) in [5, 5.41) is 8.14. The Kier molecular flexibility index (Phi) is 4.10. The van der Waals surface area contributed by atoms with Gasteiger partial charge in [-0.05, 0) is 25.1 Å². The van der Waals surface area contributed by atoms with Crippen molar-refractivity contribution in [3.63, 3.8) is 0 Å². The standard InChI is InChI=1S/C17H20N6O2/c1-24-15-5-4-14(17(20-15)25-2)22-9-7-19-16(22)13-10-12-11-18-6-3-8-23(12)21-13/h4-5,7,9-10,18H,3,6,8,11H2,1-2H3. The second-order valence-corrected chi connectivity index (χ2v) is 5.78. The SMILES string of the molecule is COc1ccc(-n2ccnc2-c2cc3n(n2)CCCNC3)c(OC)n1. The van der Waals surface area contributed by atoms with E-state index in [1.165, 1.54) is 5.69 Å². The van der Waals surface area contributed by atoms with Gasteiger partial charge in [-0.15, -0.1) is 0 Å². The van der Waals surface area contributed by atoms with Gasteiger partial charge in [0, 0.05) is 31.5 Å². The summed E-state index contributed by atoms with van der Waals surface area (Å²) in [5.41, 5.74) is 2.79. The van der Waals surface area contributed by atoms with E-state index in [0.29, 0.717) is 11.8 Å². The molecular formula is C17H20N6O2. The molecule has 3 aromatic rings. The molecule has 4 rings (SSSR count). The highest BCUT2D eigenvalue weighted by atomic mass is 16.5. The monoisotopic (exact) mass is 340 g/mol. The molecule has 25 heavy (non-hydrogen) atoms. The Hall–Kier alpha value is -2.87. The van der Waals surface area contributed by atoms with Crippen LogP contribution in [0.3, 0.4) is 0 Å². The molecule has 3 aromatic heterocycles. The van der Waals surface area contributed by atoms with Crippen molar-refractivity contribution < 1.29 is 9.47 Å². The van der Waals surface area contributed by atoms with E-state index in [0.717, 1.165) is 43.3 Å². The quantitative estimate of drug-likeness (QED) is 0.778. The van der Waals surface area contributed by atoms with Crippen LogP contribution in [0.1, 0.15) is 12.1 Å². The number of hydrogen-bond acceptors (Lipinski definition) is 6. The second kappa shape index (κ2) is 6.56. The Morgan fingerprint density at radius 3 is 2.96 bits per heavy atom. The first-order valence-corrected chi connectivity index (χ1v) is 8.20. The number of ether oxygens (including phenoxy) is 2. The van der Waals surface area contributed by atoms with Crippen LogP contribution in [0, 0.1) is 0 Å². The van der Waals surface area contributed by atoms with Crippen LogP contribution in [0.5, 0.6) is 11.8 Å². The molecule has 0 atom stereocenters. The van der Waals surface area contributed by atoms with E-state index in [1.54, 1.807) is 26.5 Å². The van der Waals surface area contributed by atoms with Crippen molar-refractivity contribution in [3.05, 3.63) is 36.3 Å². The molecule has 0 unspecified atom stereocenters. The van der Waals surface area contributed by atoms with Gasteiger partial charge in [-0.25, -0.2) is 4.98 Å². The summed E-state index contributed by atoms with van der Waals surface area (Å²) in [6.07, 6.45) is 4.70. The van der Waals surface area contributed by atoms with Crippen molar-refractivity contribution in [2.75, 3.05) is 20.8 Å². The zero-order valence-electron chi connectivity index (χ0n) is 14.3. The van der Waals surface area contributed by atoms with Gasteiger partial charge in [0.2, 0.25) is 11.8 Å². The predicted molar refractivity (Wildman–Crippen MR) is 92.0 cm³/mol. The molecule has 4 heterocycles. The third kappa shape index (κ3) is 2.85. The van der Waals surface area contributed by atoms with Gasteiger partial charge in [0.15, 0.2) is 5.82 Å². The smallest absolute Gasteiger partial charge is 0.241 e. The van der Waals surface area contributed by atoms with Crippen LogP contribution in [0.25, 0.3) is 17.2 Å². The zero-order valence-corrected chi connectivity index (χ0v) is 14.3. The summed E-state index contributed by atoms with van der Waals surface area (Å²) in [7, 11) is 3.17. The molecule has 0 bridgehead atoms. The average Bonchev–Trinajstić information content (AvgIpc) is 3.23. The maximum atomic E-state index is 5.42. The summed E-state index contributed by atoms with van der Waals surface area (Å²) in [4.78, 5) is 8.85. The zero-order chi connectivity index (χ0) is 17.2. The van der Waals surface area contributed by atoms with Crippen molar-refractivity contribution in [1.82, 2.24) is 29.6 Å². The van der Waals surface area contributed by atoms with E-state index in [1.807, 2.05) is 16.8 Å². The van der Waals surface area contributed by atoms with Gasteiger partial charge in [0.05, 0.1) is 19.9 Å². The number of methoxy groups -OCH3 is 2. The third-order valence-electron chi connectivity index (χ3n) is 4.24. The van der Waals surface area contributed by atoms with Crippen LogP contribution in [0.15, 0.2) is 30.6 Å². The number of aryl methyl sites for hydroxylation is 1. The van der Waals surface area contributed by atoms with Gasteiger partial charge >= 0.3 is 0 Å². The van der Waals surface area contributed by atoms with Gasteiger partial charge in [-0.1, -0.05) is 0 Å². The van der Waals surface area contributed by atoms with Gasteiger partial charge in [-0.3, -0.25) is 9.25 Å². The number of nitrogens with zero attached hydrogens (tertiary/aromatic N) is 5. The molecule has 0 spiro atoms. The van der Waals surface area contributed by atoms with Crippen LogP contribution in [0.2, 0.25) is 0 Å². The number of rotatable bonds is 4. The number of nitrogens with one attached hydrogen (secondary N) is 1. The molecule has 8 nitrogen and oxygen atoms in total. The van der Waals surface area contributed by atoms with Crippen LogP contribution < -0.4 is 14.8 Å².